The Labute approximate surface area is 109 Å². The van der Waals surface area contributed by atoms with Gasteiger partial charge in [-0.15, -0.1) is 12.6 Å². The molecule has 3 nitrogen and oxygen atoms in total. The highest BCUT2D eigenvalue weighted by molar-refractivity contribution is 9.10. The normalized spacial score (nSPS) is 12.2. The Bertz CT molecular complexity index is 382. The van der Waals surface area contributed by atoms with Crippen molar-refractivity contribution < 1.29 is 9.90 Å². The molecular formula is C11H14BrNO2S. The quantitative estimate of drug-likeness (QED) is 0.747. The molecule has 0 aromatic heterocycles. The second-order valence-electron chi connectivity index (χ2n) is 3.56. The number of halogens is 1. The maximum absolute atomic E-state index is 11.7. The van der Waals surface area contributed by atoms with Crippen LogP contribution in [-0.4, -0.2) is 23.7 Å². The summed E-state index contributed by atoms with van der Waals surface area (Å²) in [5.74, 6) is -0.168. The van der Waals surface area contributed by atoms with Gasteiger partial charge in [0.15, 0.2) is 0 Å². The second-order valence-corrected chi connectivity index (χ2v) is 4.95. The van der Waals surface area contributed by atoms with Gasteiger partial charge in [-0.05, 0) is 31.5 Å². The van der Waals surface area contributed by atoms with Gasteiger partial charge < -0.3 is 10.4 Å². The highest BCUT2D eigenvalue weighted by Gasteiger charge is 2.09. The Morgan fingerprint density at radius 3 is 2.88 bits per heavy atom. The summed E-state index contributed by atoms with van der Waals surface area (Å²) < 4.78 is 0.887. The summed E-state index contributed by atoms with van der Waals surface area (Å²) in [5.41, 5.74) is 0.539. The molecule has 0 aliphatic heterocycles. The smallest absolute Gasteiger partial charge is 0.252 e. The first-order valence-electron chi connectivity index (χ1n) is 4.95. The van der Waals surface area contributed by atoms with Crippen molar-refractivity contribution in [2.75, 3.05) is 6.54 Å². The minimum atomic E-state index is -0.402. The van der Waals surface area contributed by atoms with Crippen LogP contribution in [0.5, 0.6) is 0 Å². The molecule has 0 fully saturated rings. The first-order valence-corrected chi connectivity index (χ1v) is 6.19. The molecule has 0 aliphatic rings. The summed E-state index contributed by atoms with van der Waals surface area (Å²) in [7, 11) is 0. The van der Waals surface area contributed by atoms with Crippen molar-refractivity contribution >= 4 is 34.5 Å². The number of thiol groups is 1. The fourth-order valence-electron chi connectivity index (χ4n) is 1.19. The molecule has 16 heavy (non-hydrogen) atoms. The number of hydrogen-bond donors (Lipinski definition) is 3. The number of amides is 1. The molecule has 0 radical (unpaired) electrons. The van der Waals surface area contributed by atoms with Crippen LogP contribution in [0.2, 0.25) is 0 Å². The fraction of sp³-hybridized carbons (Fsp3) is 0.364. The van der Waals surface area contributed by atoms with Crippen LogP contribution in [0.25, 0.3) is 0 Å². The minimum absolute atomic E-state index is 0.168. The summed E-state index contributed by atoms with van der Waals surface area (Å²) in [5, 5.41) is 11.8. The number of aliphatic hydroxyl groups is 1. The molecule has 1 aromatic carbocycles. The van der Waals surface area contributed by atoms with Gasteiger partial charge in [-0.25, -0.2) is 0 Å². The van der Waals surface area contributed by atoms with Crippen molar-refractivity contribution in [1.29, 1.82) is 0 Å². The topological polar surface area (TPSA) is 49.3 Å². The van der Waals surface area contributed by atoms with Crippen LogP contribution in [-0.2, 0) is 0 Å². The van der Waals surface area contributed by atoms with Crippen molar-refractivity contribution in [3.8, 4) is 0 Å². The number of carbonyl (C=O) groups excluding carboxylic acids is 1. The second kappa shape index (κ2) is 6.27. The van der Waals surface area contributed by atoms with E-state index in [1.807, 2.05) is 0 Å². The zero-order chi connectivity index (χ0) is 12.1. The van der Waals surface area contributed by atoms with Crippen LogP contribution >= 0.6 is 28.6 Å². The van der Waals surface area contributed by atoms with Crippen LogP contribution < -0.4 is 5.32 Å². The van der Waals surface area contributed by atoms with Crippen molar-refractivity contribution in [3.05, 3.63) is 28.2 Å². The third-order valence-electron chi connectivity index (χ3n) is 2.05. The zero-order valence-electron chi connectivity index (χ0n) is 8.90. The van der Waals surface area contributed by atoms with Gasteiger partial charge in [0.1, 0.15) is 0 Å². The summed E-state index contributed by atoms with van der Waals surface area (Å²) in [4.78, 5) is 12.3. The molecule has 0 heterocycles. The molecule has 1 atom stereocenters. The maximum Gasteiger partial charge on any atom is 0.252 e. The molecule has 1 unspecified atom stereocenters. The lowest BCUT2D eigenvalue weighted by Crippen LogP contribution is -2.26. The molecule has 0 saturated carbocycles. The van der Waals surface area contributed by atoms with Gasteiger partial charge in [0.2, 0.25) is 0 Å². The maximum atomic E-state index is 11.7. The van der Waals surface area contributed by atoms with E-state index >= 15 is 0 Å². The molecule has 0 bridgehead atoms. The molecule has 0 aliphatic carbocycles. The Morgan fingerprint density at radius 2 is 2.31 bits per heavy atom. The lowest BCUT2D eigenvalue weighted by Gasteiger charge is -2.08. The van der Waals surface area contributed by atoms with Crippen LogP contribution in [0.4, 0.5) is 0 Å². The molecule has 1 amide bonds. The summed E-state index contributed by atoms with van der Waals surface area (Å²) in [6.07, 6.45) is 0.144. The lowest BCUT2D eigenvalue weighted by atomic mass is 10.2. The number of rotatable bonds is 4. The van der Waals surface area contributed by atoms with Crippen molar-refractivity contribution in [3.63, 3.8) is 0 Å². The van der Waals surface area contributed by atoms with E-state index in [2.05, 4.69) is 33.9 Å². The predicted octanol–water partition coefficient (Wildman–Crippen LogP) is 2.24. The standard InChI is InChI=1S/C11H14BrNO2S/c1-7(14)4-5-13-11(15)9-3-2-8(12)6-10(9)16/h2-3,6-7,14,16H,4-5H2,1H3,(H,13,15). The van der Waals surface area contributed by atoms with Gasteiger partial charge in [0.25, 0.3) is 5.91 Å². The molecule has 1 rings (SSSR count). The third kappa shape index (κ3) is 4.15. The summed E-state index contributed by atoms with van der Waals surface area (Å²) in [6.45, 7) is 2.15. The largest absolute Gasteiger partial charge is 0.393 e. The zero-order valence-corrected chi connectivity index (χ0v) is 11.4. The van der Waals surface area contributed by atoms with Gasteiger partial charge in [0, 0.05) is 15.9 Å². The average Bonchev–Trinajstić information content (AvgIpc) is 2.16. The van der Waals surface area contributed by atoms with Crippen molar-refractivity contribution in [2.45, 2.75) is 24.3 Å². The highest BCUT2D eigenvalue weighted by atomic mass is 79.9. The Hall–Kier alpha value is -0.520. The first kappa shape index (κ1) is 13.5. The number of hydrogen-bond acceptors (Lipinski definition) is 3. The lowest BCUT2D eigenvalue weighted by molar-refractivity contribution is 0.0942. The summed E-state index contributed by atoms with van der Waals surface area (Å²) >= 11 is 7.53. The summed E-state index contributed by atoms with van der Waals surface area (Å²) in [6, 6.07) is 5.28. The molecule has 0 spiro atoms. The minimum Gasteiger partial charge on any atom is -0.393 e. The van der Waals surface area contributed by atoms with Gasteiger partial charge in [-0.3, -0.25) is 4.79 Å². The van der Waals surface area contributed by atoms with E-state index < -0.39 is 6.10 Å². The van der Waals surface area contributed by atoms with Crippen molar-refractivity contribution in [2.24, 2.45) is 0 Å². The number of carbonyl (C=O) groups is 1. The molecule has 88 valence electrons. The van der Waals surface area contributed by atoms with Crippen LogP contribution in [0.15, 0.2) is 27.6 Å². The molecule has 1 aromatic rings. The molecular weight excluding hydrogens is 290 g/mol. The molecule has 0 saturated heterocycles. The number of nitrogens with one attached hydrogen (secondary N) is 1. The van der Waals surface area contributed by atoms with E-state index in [-0.39, 0.29) is 5.91 Å². The Morgan fingerprint density at radius 1 is 1.62 bits per heavy atom. The fourth-order valence-corrected chi connectivity index (χ4v) is 2.04. The predicted molar refractivity (Wildman–Crippen MR) is 70.0 cm³/mol. The van der Waals surface area contributed by atoms with E-state index in [1.165, 1.54) is 0 Å². The van der Waals surface area contributed by atoms with E-state index in [0.29, 0.717) is 23.4 Å². The van der Waals surface area contributed by atoms with Crippen LogP contribution in [0.3, 0.4) is 0 Å². The highest BCUT2D eigenvalue weighted by Crippen LogP contribution is 2.19. The van der Waals surface area contributed by atoms with Crippen LogP contribution in [0.1, 0.15) is 23.7 Å². The van der Waals surface area contributed by atoms with E-state index in [1.54, 1.807) is 25.1 Å². The SMILES string of the molecule is CC(O)CCNC(=O)c1ccc(Br)cc1S. The van der Waals surface area contributed by atoms with E-state index in [0.717, 1.165) is 4.47 Å². The average molecular weight is 304 g/mol. The molecule has 5 heteroatoms. The Balaban J connectivity index is 2.59. The van der Waals surface area contributed by atoms with Crippen LogP contribution in [0, 0.1) is 0 Å². The van der Waals surface area contributed by atoms with E-state index in [9.17, 15) is 4.79 Å². The van der Waals surface area contributed by atoms with E-state index in [4.69, 9.17) is 5.11 Å². The monoisotopic (exact) mass is 303 g/mol. The van der Waals surface area contributed by atoms with Gasteiger partial charge >= 0.3 is 0 Å². The van der Waals surface area contributed by atoms with Gasteiger partial charge in [-0.2, -0.15) is 0 Å². The number of aliphatic hydroxyl groups excluding tert-OH is 1. The van der Waals surface area contributed by atoms with Crippen molar-refractivity contribution in [1.82, 2.24) is 5.32 Å². The third-order valence-corrected chi connectivity index (χ3v) is 2.92. The van der Waals surface area contributed by atoms with Gasteiger partial charge in [0.05, 0.1) is 11.7 Å². The first-order chi connectivity index (χ1) is 7.50. The number of benzene rings is 1. The van der Waals surface area contributed by atoms with Gasteiger partial charge in [-0.1, -0.05) is 15.9 Å². The Kier molecular flexibility index (Phi) is 5.31. The molecule has 2 N–H and O–H groups in total.